The summed E-state index contributed by atoms with van der Waals surface area (Å²) in [6.07, 6.45) is -6.00. The minimum atomic E-state index is -1.50. The van der Waals surface area contributed by atoms with Gasteiger partial charge in [-0.1, -0.05) is 18.2 Å². The smallest absolute Gasteiger partial charge is 0.303 e. The number of ether oxygens (including phenoxy) is 3. The van der Waals surface area contributed by atoms with Gasteiger partial charge < -0.3 is 24.4 Å². The highest BCUT2D eigenvalue weighted by Crippen LogP contribution is 2.29. The quantitative estimate of drug-likeness (QED) is 0.588. The Morgan fingerprint density at radius 3 is 2.25 bits per heavy atom. The maximum Gasteiger partial charge on any atom is 0.303 e. The first-order valence-corrected chi connectivity index (χ1v) is 8.41. The van der Waals surface area contributed by atoms with Gasteiger partial charge in [0.1, 0.15) is 6.10 Å². The Hall–Kier alpha value is -1.61. The van der Waals surface area contributed by atoms with E-state index < -0.39 is 42.6 Å². The van der Waals surface area contributed by atoms with E-state index in [2.05, 4.69) is 0 Å². The fourth-order valence-corrected chi connectivity index (χ4v) is 3.37. The molecule has 0 amide bonds. The average molecular weight is 356 g/mol. The Balaban J connectivity index is 2.08. The fraction of sp³-hybridized carbons (Fsp3) is 0.500. The Bertz CT molecular complexity index is 565. The van der Waals surface area contributed by atoms with Crippen LogP contribution in [0.2, 0.25) is 0 Å². The molecule has 24 heavy (non-hydrogen) atoms. The van der Waals surface area contributed by atoms with Gasteiger partial charge in [-0.3, -0.25) is 9.59 Å². The van der Waals surface area contributed by atoms with E-state index in [1.165, 1.54) is 18.7 Å². The molecule has 0 radical (unpaired) electrons. The largest absolute Gasteiger partial charge is 0.455 e. The normalized spacial score (nSPS) is 29.8. The zero-order chi connectivity index (χ0) is 17.7. The predicted molar refractivity (Wildman–Crippen MR) is 85.2 cm³/mol. The van der Waals surface area contributed by atoms with Crippen LogP contribution in [0.5, 0.6) is 0 Å². The van der Waals surface area contributed by atoms with Gasteiger partial charge in [-0.15, -0.1) is 11.8 Å². The topological polar surface area (TPSA) is 102 Å². The van der Waals surface area contributed by atoms with Crippen molar-refractivity contribution in [3.8, 4) is 0 Å². The van der Waals surface area contributed by atoms with Crippen LogP contribution in [-0.2, 0) is 23.8 Å². The Morgan fingerprint density at radius 2 is 1.67 bits per heavy atom. The second-order valence-electron chi connectivity index (χ2n) is 5.33. The third-order valence-corrected chi connectivity index (χ3v) is 4.50. The molecule has 1 heterocycles. The third kappa shape index (κ3) is 4.94. The molecular formula is C16H20O7S. The molecule has 7 nitrogen and oxygen atoms in total. The number of esters is 2. The summed E-state index contributed by atoms with van der Waals surface area (Å²) in [5, 5.41) is 20.5. The van der Waals surface area contributed by atoms with E-state index in [0.717, 1.165) is 11.8 Å². The molecule has 0 aliphatic carbocycles. The summed E-state index contributed by atoms with van der Waals surface area (Å²) in [4.78, 5) is 23.4. The van der Waals surface area contributed by atoms with Gasteiger partial charge in [-0.2, -0.15) is 0 Å². The molecule has 0 bridgehead atoms. The molecule has 8 heteroatoms. The van der Waals surface area contributed by atoms with Crippen molar-refractivity contribution in [1.29, 1.82) is 0 Å². The van der Waals surface area contributed by atoms with Gasteiger partial charge in [0.2, 0.25) is 0 Å². The Kier molecular flexibility index (Phi) is 6.61. The third-order valence-electron chi connectivity index (χ3n) is 3.40. The van der Waals surface area contributed by atoms with Crippen LogP contribution in [0.4, 0.5) is 0 Å². The highest BCUT2D eigenvalue weighted by molar-refractivity contribution is 7.99. The number of rotatable bonds is 5. The monoisotopic (exact) mass is 356 g/mol. The van der Waals surface area contributed by atoms with Gasteiger partial charge in [0.15, 0.2) is 18.5 Å². The molecule has 2 N–H and O–H groups in total. The van der Waals surface area contributed by atoms with E-state index in [-0.39, 0.29) is 0 Å². The highest BCUT2D eigenvalue weighted by atomic mass is 32.2. The van der Waals surface area contributed by atoms with Gasteiger partial charge in [0, 0.05) is 24.5 Å². The van der Waals surface area contributed by atoms with Crippen molar-refractivity contribution < 1.29 is 34.0 Å². The predicted octanol–water partition coefficient (Wildman–Crippen LogP) is 0.720. The minimum Gasteiger partial charge on any atom is -0.455 e. The maximum atomic E-state index is 11.3. The first-order chi connectivity index (χ1) is 11.4. The number of carbonyl (C=O) groups excluding carboxylic acids is 2. The molecule has 1 aromatic carbocycles. The Morgan fingerprint density at radius 1 is 1.08 bits per heavy atom. The summed E-state index contributed by atoms with van der Waals surface area (Å²) >= 11 is 1.42. The number of aliphatic hydroxyl groups excluding tert-OH is 2. The second kappa shape index (κ2) is 8.48. The van der Waals surface area contributed by atoms with E-state index >= 15 is 0 Å². The number of hydrogen-bond donors (Lipinski definition) is 2. The van der Waals surface area contributed by atoms with Gasteiger partial charge in [-0.25, -0.2) is 0 Å². The first-order valence-electron chi connectivity index (χ1n) is 7.42. The van der Waals surface area contributed by atoms with Crippen LogP contribution in [0.15, 0.2) is 35.2 Å². The van der Waals surface area contributed by atoms with Crippen molar-refractivity contribution in [2.45, 2.75) is 49.4 Å². The molecule has 0 saturated carbocycles. The van der Waals surface area contributed by atoms with Gasteiger partial charge in [0.25, 0.3) is 0 Å². The molecule has 1 saturated heterocycles. The van der Waals surface area contributed by atoms with Crippen LogP contribution in [0, 0.1) is 0 Å². The summed E-state index contributed by atoms with van der Waals surface area (Å²) in [6.45, 7) is 2.33. The number of benzene rings is 1. The number of thioether (sulfide) groups is 1. The molecule has 2 rings (SSSR count). The SMILES string of the molecule is CC(=O)O[C@@H]1[C@@H](OC(C)=O)[C@H](O)[C@@H](CSc2ccccc2)O[C@@H]1O. The fourth-order valence-electron chi connectivity index (χ4n) is 2.38. The number of aliphatic hydroxyl groups is 2. The van der Waals surface area contributed by atoms with Gasteiger partial charge in [0.05, 0.1) is 6.10 Å². The molecule has 0 unspecified atom stereocenters. The lowest BCUT2D eigenvalue weighted by molar-refractivity contribution is -0.284. The summed E-state index contributed by atoms with van der Waals surface area (Å²) in [7, 11) is 0. The molecule has 1 aliphatic rings. The Labute approximate surface area is 143 Å². The molecule has 0 aromatic heterocycles. The highest BCUT2D eigenvalue weighted by Gasteiger charge is 2.48. The van der Waals surface area contributed by atoms with E-state index in [4.69, 9.17) is 14.2 Å². The standard InChI is InChI=1S/C16H20O7S/c1-9(17)21-14-13(19)12(8-24-11-6-4-3-5-7-11)23-16(20)15(14)22-10(2)18/h3-7,12-16,19-20H,8H2,1-2H3/t12-,13-,14+,15-,16+/m1/s1. The van der Waals surface area contributed by atoms with E-state index in [0.29, 0.717) is 5.75 Å². The summed E-state index contributed by atoms with van der Waals surface area (Å²) in [5.41, 5.74) is 0. The molecular weight excluding hydrogens is 336 g/mol. The number of carbonyl (C=O) groups is 2. The minimum absolute atomic E-state index is 0.326. The summed E-state index contributed by atoms with van der Waals surface area (Å²) in [5.74, 6) is -1.00. The summed E-state index contributed by atoms with van der Waals surface area (Å²) in [6, 6.07) is 9.46. The van der Waals surface area contributed by atoms with E-state index in [9.17, 15) is 19.8 Å². The van der Waals surface area contributed by atoms with Gasteiger partial charge in [-0.05, 0) is 12.1 Å². The van der Waals surface area contributed by atoms with Crippen molar-refractivity contribution in [2.24, 2.45) is 0 Å². The molecule has 132 valence electrons. The van der Waals surface area contributed by atoms with Crippen LogP contribution < -0.4 is 0 Å². The molecule has 1 aromatic rings. The first kappa shape index (κ1) is 18.7. The zero-order valence-corrected chi connectivity index (χ0v) is 14.1. The van der Waals surface area contributed by atoms with Crippen molar-refractivity contribution in [1.82, 2.24) is 0 Å². The second-order valence-corrected chi connectivity index (χ2v) is 6.42. The lowest BCUT2D eigenvalue weighted by atomic mass is 9.99. The van der Waals surface area contributed by atoms with Crippen molar-refractivity contribution in [2.75, 3.05) is 5.75 Å². The van der Waals surface area contributed by atoms with Crippen LogP contribution in [0.1, 0.15) is 13.8 Å². The van der Waals surface area contributed by atoms with Crippen molar-refractivity contribution in [3.63, 3.8) is 0 Å². The van der Waals surface area contributed by atoms with Crippen LogP contribution in [0.3, 0.4) is 0 Å². The molecule has 1 fully saturated rings. The average Bonchev–Trinajstić information content (AvgIpc) is 2.53. The van der Waals surface area contributed by atoms with E-state index in [1.807, 2.05) is 30.3 Å². The molecule has 1 aliphatic heterocycles. The van der Waals surface area contributed by atoms with Crippen LogP contribution in [0.25, 0.3) is 0 Å². The lowest BCUT2D eigenvalue weighted by Gasteiger charge is -2.41. The van der Waals surface area contributed by atoms with E-state index in [1.54, 1.807) is 0 Å². The summed E-state index contributed by atoms with van der Waals surface area (Å²) < 4.78 is 15.4. The lowest BCUT2D eigenvalue weighted by Crippen LogP contribution is -2.60. The maximum absolute atomic E-state index is 11.3. The van der Waals surface area contributed by atoms with Crippen molar-refractivity contribution >= 4 is 23.7 Å². The number of hydrogen-bond acceptors (Lipinski definition) is 8. The van der Waals surface area contributed by atoms with Crippen LogP contribution >= 0.6 is 11.8 Å². The van der Waals surface area contributed by atoms with Crippen molar-refractivity contribution in [3.05, 3.63) is 30.3 Å². The molecule has 5 atom stereocenters. The molecule has 0 spiro atoms. The zero-order valence-electron chi connectivity index (χ0n) is 13.3. The van der Waals surface area contributed by atoms with Gasteiger partial charge >= 0.3 is 11.9 Å². The van der Waals surface area contributed by atoms with Crippen LogP contribution in [-0.4, -0.2) is 58.6 Å².